The molecule has 0 bridgehead atoms. The highest BCUT2D eigenvalue weighted by molar-refractivity contribution is 5.22. The number of nitrogens with zero attached hydrogens (tertiary/aromatic N) is 1. The summed E-state index contributed by atoms with van der Waals surface area (Å²) in [5.74, 6) is 0. The lowest BCUT2D eigenvalue weighted by Crippen LogP contribution is -2.27. The first-order valence-corrected chi connectivity index (χ1v) is 6.70. The summed E-state index contributed by atoms with van der Waals surface area (Å²) in [7, 11) is 1.78. The number of hydrogen-bond acceptors (Lipinski definition) is 3. The van der Waals surface area contributed by atoms with E-state index >= 15 is 0 Å². The third-order valence-corrected chi connectivity index (χ3v) is 3.46. The zero-order valence-electron chi connectivity index (χ0n) is 12.3. The summed E-state index contributed by atoms with van der Waals surface area (Å²) >= 11 is 0. The van der Waals surface area contributed by atoms with Crippen molar-refractivity contribution in [2.75, 3.05) is 13.7 Å². The van der Waals surface area contributed by atoms with Crippen molar-refractivity contribution in [1.29, 1.82) is 0 Å². The van der Waals surface area contributed by atoms with Crippen molar-refractivity contribution in [2.24, 2.45) is 0 Å². The Hall–Kier alpha value is -0.930. The predicted octanol–water partition coefficient (Wildman–Crippen LogP) is 3.25. The maximum absolute atomic E-state index is 5.49. The van der Waals surface area contributed by atoms with Gasteiger partial charge >= 0.3 is 0 Å². The average molecular weight is 250 g/mol. The van der Waals surface area contributed by atoms with Crippen molar-refractivity contribution in [3.63, 3.8) is 0 Å². The number of aromatic nitrogens is 1. The van der Waals surface area contributed by atoms with E-state index < -0.39 is 0 Å². The maximum atomic E-state index is 5.49. The summed E-state index contributed by atoms with van der Waals surface area (Å²) in [4.78, 5) is 4.38. The van der Waals surface area contributed by atoms with Crippen LogP contribution in [0.3, 0.4) is 0 Å². The summed E-state index contributed by atoms with van der Waals surface area (Å²) in [5, 5.41) is 3.54. The third-order valence-electron chi connectivity index (χ3n) is 3.46. The Kier molecular flexibility index (Phi) is 5.76. The normalized spacial score (nSPS) is 13.6. The van der Waals surface area contributed by atoms with Gasteiger partial charge < -0.3 is 10.1 Å². The Morgan fingerprint density at radius 2 is 2.17 bits per heavy atom. The van der Waals surface area contributed by atoms with Crippen LogP contribution in [0.4, 0.5) is 0 Å². The molecule has 1 unspecified atom stereocenters. The van der Waals surface area contributed by atoms with Gasteiger partial charge in [-0.2, -0.15) is 0 Å². The molecule has 0 radical (unpaired) electrons. The lowest BCUT2D eigenvalue weighted by atomic mass is 9.94. The van der Waals surface area contributed by atoms with Crippen molar-refractivity contribution in [1.82, 2.24) is 10.3 Å². The van der Waals surface area contributed by atoms with Crippen molar-refractivity contribution in [3.8, 4) is 0 Å². The standard InChI is InChI=1S/C15H26N2O/c1-6-16-14(9-10-15(3,4)18-5)13-8-7-11-17-12(13)2/h7-8,11,14,16H,6,9-10H2,1-5H3. The first-order valence-electron chi connectivity index (χ1n) is 6.70. The summed E-state index contributed by atoms with van der Waals surface area (Å²) < 4.78 is 5.49. The smallest absolute Gasteiger partial charge is 0.0623 e. The molecule has 0 fully saturated rings. The minimum absolute atomic E-state index is 0.0657. The van der Waals surface area contributed by atoms with Gasteiger partial charge in [0, 0.05) is 25.0 Å². The van der Waals surface area contributed by atoms with Crippen LogP contribution >= 0.6 is 0 Å². The number of ether oxygens (including phenoxy) is 1. The van der Waals surface area contributed by atoms with Gasteiger partial charge in [0.1, 0.15) is 0 Å². The van der Waals surface area contributed by atoms with E-state index in [-0.39, 0.29) is 5.60 Å². The minimum Gasteiger partial charge on any atom is -0.379 e. The van der Waals surface area contributed by atoms with Gasteiger partial charge in [-0.3, -0.25) is 4.98 Å². The van der Waals surface area contributed by atoms with Gasteiger partial charge in [-0.1, -0.05) is 13.0 Å². The highest BCUT2D eigenvalue weighted by Crippen LogP contribution is 2.25. The van der Waals surface area contributed by atoms with Crippen LogP contribution in [-0.2, 0) is 4.74 Å². The van der Waals surface area contributed by atoms with Crippen LogP contribution in [0.15, 0.2) is 18.3 Å². The number of rotatable bonds is 7. The molecule has 1 aromatic rings. The van der Waals surface area contributed by atoms with E-state index in [1.807, 2.05) is 12.3 Å². The molecular formula is C15H26N2O. The largest absolute Gasteiger partial charge is 0.379 e. The quantitative estimate of drug-likeness (QED) is 0.806. The lowest BCUT2D eigenvalue weighted by molar-refractivity contribution is 0.0117. The molecule has 0 spiro atoms. The van der Waals surface area contributed by atoms with Gasteiger partial charge in [0.05, 0.1) is 5.60 Å². The molecule has 0 aliphatic rings. The van der Waals surface area contributed by atoms with Crippen LogP contribution in [-0.4, -0.2) is 24.2 Å². The molecule has 1 atom stereocenters. The zero-order chi connectivity index (χ0) is 13.6. The molecule has 0 saturated heterocycles. The molecule has 1 aromatic heterocycles. The fourth-order valence-corrected chi connectivity index (χ4v) is 2.07. The number of nitrogens with one attached hydrogen (secondary N) is 1. The van der Waals surface area contributed by atoms with Crippen LogP contribution in [0.5, 0.6) is 0 Å². The summed E-state index contributed by atoms with van der Waals surface area (Å²) in [6.07, 6.45) is 3.93. The third kappa shape index (κ3) is 4.39. The van der Waals surface area contributed by atoms with E-state index in [1.165, 1.54) is 5.56 Å². The molecule has 1 rings (SSSR count). The van der Waals surface area contributed by atoms with Gasteiger partial charge in [-0.25, -0.2) is 0 Å². The molecule has 3 nitrogen and oxygen atoms in total. The molecule has 1 N–H and O–H groups in total. The van der Waals surface area contributed by atoms with E-state index in [1.54, 1.807) is 7.11 Å². The fraction of sp³-hybridized carbons (Fsp3) is 0.667. The van der Waals surface area contributed by atoms with Gasteiger partial charge in [-0.15, -0.1) is 0 Å². The first-order chi connectivity index (χ1) is 8.50. The molecule has 0 saturated carbocycles. The van der Waals surface area contributed by atoms with Gasteiger partial charge in [-0.05, 0) is 51.8 Å². The Morgan fingerprint density at radius 3 is 2.72 bits per heavy atom. The van der Waals surface area contributed by atoms with Crippen LogP contribution in [0.1, 0.15) is 50.9 Å². The SMILES string of the molecule is CCNC(CCC(C)(C)OC)c1cccnc1C. The van der Waals surface area contributed by atoms with Gasteiger partial charge in [0.2, 0.25) is 0 Å². The fourth-order valence-electron chi connectivity index (χ4n) is 2.07. The number of pyridine rings is 1. The molecule has 102 valence electrons. The Labute approximate surface area is 111 Å². The van der Waals surface area contributed by atoms with Gasteiger partial charge in [0.15, 0.2) is 0 Å². The highest BCUT2D eigenvalue weighted by Gasteiger charge is 2.20. The minimum atomic E-state index is -0.0657. The van der Waals surface area contributed by atoms with Crippen LogP contribution < -0.4 is 5.32 Å². The van der Waals surface area contributed by atoms with Gasteiger partial charge in [0.25, 0.3) is 0 Å². The van der Waals surface area contributed by atoms with Crippen LogP contribution in [0.25, 0.3) is 0 Å². The van der Waals surface area contributed by atoms with Crippen LogP contribution in [0, 0.1) is 6.92 Å². The van der Waals surface area contributed by atoms with Crippen molar-refractivity contribution >= 4 is 0 Å². The molecule has 0 aliphatic carbocycles. The predicted molar refractivity (Wildman–Crippen MR) is 75.7 cm³/mol. The monoisotopic (exact) mass is 250 g/mol. The number of aryl methyl sites for hydroxylation is 1. The molecule has 0 amide bonds. The van der Waals surface area contributed by atoms with Crippen molar-refractivity contribution in [2.45, 2.75) is 52.2 Å². The molecule has 0 aromatic carbocycles. The summed E-state index contributed by atoms with van der Waals surface area (Å²) in [6.45, 7) is 9.44. The van der Waals surface area contributed by atoms with Crippen LogP contribution in [0.2, 0.25) is 0 Å². The zero-order valence-corrected chi connectivity index (χ0v) is 12.3. The Balaban J connectivity index is 2.75. The van der Waals surface area contributed by atoms with E-state index in [0.29, 0.717) is 6.04 Å². The van der Waals surface area contributed by atoms with Crippen molar-refractivity contribution < 1.29 is 4.74 Å². The molecular weight excluding hydrogens is 224 g/mol. The average Bonchev–Trinajstić information content (AvgIpc) is 2.35. The lowest BCUT2D eigenvalue weighted by Gasteiger charge is -2.27. The highest BCUT2D eigenvalue weighted by atomic mass is 16.5. The second-order valence-electron chi connectivity index (χ2n) is 5.29. The van der Waals surface area contributed by atoms with Crippen molar-refractivity contribution in [3.05, 3.63) is 29.6 Å². The van der Waals surface area contributed by atoms with E-state index in [4.69, 9.17) is 4.74 Å². The summed E-state index contributed by atoms with van der Waals surface area (Å²) in [6, 6.07) is 4.53. The molecule has 1 heterocycles. The second-order valence-corrected chi connectivity index (χ2v) is 5.29. The Bertz CT molecular complexity index is 363. The molecule has 3 heteroatoms. The Morgan fingerprint density at radius 1 is 1.44 bits per heavy atom. The van der Waals surface area contributed by atoms with E-state index in [0.717, 1.165) is 25.1 Å². The summed E-state index contributed by atoms with van der Waals surface area (Å²) in [5.41, 5.74) is 2.34. The molecule has 0 aliphatic heterocycles. The number of hydrogen-bond donors (Lipinski definition) is 1. The first kappa shape index (κ1) is 15.1. The number of methoxy groups -OCH3 is 1. The second kappa shape index (κ2) is 6.86. The molecule has 18 heavy (non-hydrogen) atoms. The van der Waals surface area contributed by atoms with E-state index in [9.17, 15) is 0 Å². The topological polar surface area (TPSA) is 34.1 Å². The van der Waals surface area contributed by atoms with E-state index in [2.05, 4.69) is 44.1 Å². The maximum Gasteiger partial charge on any atom is 0.0623 e.